The Kier molecular flexibility index (Phi) is 11.9. The van der Waals surface area contributed by atoms with Gasteiger partial charge in [0.05, 0.1) is 0 Å². The molecule has 0 bridgehead atoms. The Morgan fingerprint density at radius 2 is 1.80 bits per heavy atom. The van der Waals surface area contributed by atoms with Gasteiger partial charge in [0.25, 0.3) is 0 Å². The van der Waals surface area contributed by atoms with Gasteiger partial charge in [-0.15, -0.1) is 34.2 Å². The van der Waals surface area contributed by atoms with E-state index in [9.17, 15) is 0 Å². The molecule has 6 nitrogen and oxygen atoms in total. The molecule has 0 saturated carbocycles. The largest absolute Gasteiger partial charge is 0.357 e. The number of hydrogen-bond donors (Lipinski definition) is 2. The number of aromatic nitrogens is 3. The SMILES string of the molecule is CCCCCCCCCNC(=NCc1nnc2n1CCC2)NCC.I. The molecule has 0 aromatic carbocycles. The predicted octanol–water partition coefficient (Wildman–Crippen LogP) is 3.65. The Labute approximate surface area is 169 Å². The van der Waals surface area contributed by atoms with Crippen molar-refractivity contribution in [3.8, 4) is 0 Å². The summed E-state index contributed by atoms with van der Waals surface area (Å²) in [6, 6.07) is 0. The molecule has 2 heterocycles. The summed E-state index contributed by atoms with van der Waals surface area (Å²) in [5.41, 5.74) is 0. The summed E-state index contributed by atoms with van der Waals surface area (Å²) in [6.45, 7) is 7.85. The molecule has 1 aliphatic rings. The normalized spacial score (nSPS) is 13.4. The van der Waals surface area contributed by atoms with E-state index in [0.29, 0.717) is 6.54 Å². The molecule has 0 unspecified atom stereocenters. The summed E-state index contributed by atoms with van der Waals surface area (Å²) in [4.78, 5) is 4.66. The third-order valence-corrected chi connectivity index (χ3v) is 4.48. The highest BCUT2D eigenvalue weighted by atomic mass is 127. The molecule has 0 radical (unpaired) electrons. The lowest BCUT2D eigenvalue weighted by Gasteiger charge is -2.11. The van der Waals surface area contributed by atoms with Gasteiger partial charge < -0.3 is 15.2 Å². The predicted molar refractivity (Wildman–Crippen MR) is 115 cm³/mol. The van der Waals surface area contributed by atoms with Crippen LogP contribution in [0.25, 0.3) is 0 Å². The molecule has 2 N–H and O–H groups in total. The Morgan fingerprint density at radius 1 is 1.04 bits per heavy atom. The first-order valence-electron chi connectivity index (χ1n) is 9.78. The second-order valence-electron chi connectivity index (χ2n) is 6.53. The van der Waals surface area contributed by atoms with Gasteiger partial charge in [0, 0.05) is 26.1 Å². The maximum atomic E-state index is 4.66. The van der Waals surface area contributed by atoms with Gasteiger partial charge >= 0.3 is 0 Å². The first-order chi connectivity index (χ1) is 11.8. The van der Waals surface area contributed by atoms with Gasteiger partial charge in [0.15, 0.2) is 11.8 Å². The van der Waals surface area contributed by atoms with Crippen molar-refractivity contribution in [3.05, 3.63) is 11.6 Å². The number of guanidine groups is 1. The Hall–Kier alpha value is -0.860. The molecule has 1 aromatic heterocycles. The van der Waals surface area contributed by atoms with E-state index >= 15 is 0 Å². The summed E-state index contributed by atoms with van der Waals surface area (Å²) in [6.07, 6.45) is 11.5. The summed E-state index contributed by atoms with van der Waals surface area (Å²) in [7, 11) is 0. The number of nitrogens with zero attached hydrogens (tertiary/aromatic N) is 4. The van der Waals surface area contributed by atoms with Crippen LogP contribution in [-0.4, -0.2) is 33.8 Å². The Morgan fingerprint density at radius 3 is 2.56 bits per heavy atom. The molecule has 0 fully saturated rings. The lowest BCUT2D eigenvalue weighted by Crippen LogP contribution is -2.37. The summed E-state index contributed by atoms with van der Waals surface area (Å²) >= 11 is 0. The third kappa shape index (κ3) is 7.92. The van der Waals surface area contributed by atoms with Gasteiger partial charge in [-0.3, -0.25) is 0 Å². The molecule has 0 atom stereocenters. The topological polar surface area (TPSA) is 67.1 Å². The van der Waals surface area contributed by atoms with E-state index in [1.165, 1.54) is 51.4 Å². The molecule has 0 aliphatic carbocycles. The number of nitrogens with one attached hydrogen (secondary N) is 2. The number of unbranched alkanes of at least 4 members (excludes halogenated alkanes) is 6. The van der Waals surface area contributed by atoms with Gasteiger partial charge in [0.1, 0.15) is 12.4 Å². The molecule has 2 rings (SSSR count). The average Bonchev–Trinajstić information content (AvgIpc) is 3.19. The van der Waals surface area contributed by atoms with Crippen LogP contribution >= 0.6 is 24.0 Å². The van der Waals surface area contributed by atoms with Crippen LogP contribution < -0.4 is 10.6 Å². The lowest BCUT2D eigenvalue weighted by atomic mass is 10.1. The van der Waals surface area contributed by atoms with Crippen LogP contribution in [0.15, 0.2) is 4.99 Å². The third-order valence-electron chi connectivity index (χ3n) is 4.48. The molecule has 0 saturated heterocycles. The number of halogens is 1. The van der Waals surface area contributed by atoms with Crippen LogP contribution in [0, 0.1) is 0 Å². The molecule has 144 valence electrons. The van der Waals surface area contributed by atoms with Gasteiger partial charge in [-0.05, 0) is 19.8 Å². The minimum absolute atomic E-state index is 0. The second kappa shape index (κ2) is 13.4. The van der Waals surface area contributed by atoms with E-state index in [4.69, 9.17) is 0 Å². The van der Waals surface area contributed by atoms with E-state index < -0.39 is 0 Å². The standard InChI is InChI=1S/C18H34N6.HI/c1-3-5-6-7-8-9-10-13-20-18(19-4-2)21-15-17-23-22-16-12-11-14-24(16)17;/h3-15H2,1-2H3,(H2,19,20,21);1H. The number of fused-ring (bicyclic) bond motifs is 1. The van der Waals surface area contributed by atoms with Crippen molar-refractivity contribution in [3.63, 3.8) is 0 Å². The summed E-state index contributed by atoms with van der Waals surface area (Å²) in [5, 5.41) is 15.3. The van der Waals surface area contributed by atoms with E-state index in [0.717, 1.165) is 43.7 Å². The van der Waals surface area contributed by atoms with Crippen LogP contribution in [0.5, 0.6) is 0 Å². The Bertz CT molecular complexity index is 500. The van der Waals surface area contributed by atoms with Gasteiger partial charge in [0.2, 0.25) is 0 Å². The van der Waals surface area contributed by atoms with Gasteiger partial charge in [-0.25, -0.2) is 4.99 Å². The molecule has 1 aromatic rings. The first-order valence-corrected chi connectivity index (χ1v) is 9.78. The highest BCUT2D eigenvalue weighted by molar-refractivity contribution is 14.0. The minimum Gasteiger partial charge on any atom is -0.357 e. The zero-order valence-corrected chi connectivity index (χ0v) is 18.2. The molecule has 0 spiro atoms. The van der Waals surface area contributed by atoms with Crippen molar-refractivity contribution in [2.75, 3.05) is 13.1 Å². The zero-order chi connectivity index (χ0) is 17.0. The maximum Gasteiger partial charge on any atom is 0.191 e. The van der Waals surface area contributed by atoms with Crippen molar-refractivity contribution >= 4 is 29.9 Å². The molecule has 1 aliphatic heterocycles. The summed E-state index contributed by atoms with van der Waals surface area (Å²) in [5.74, 6) is 2.98. The van der Waals surface area contributed by atoms with Crippen molar-refractivity contribution in [1.82, 2.24) is 25.4 Å². The molecular weight excluding hydrogens is 427 g/mol. The van der Waals surface area contributed by atoms with Crippen molar-refractivity contribution in [1.29, 1.82) is 0 Å². The number of aliphatic imine (C=N–C) groups is 1. The van der Waals surface area contributed by atoms with Crippen LogP contribution in [0.1, 0.15) is 76.9 Å². The fourth-order valence-corrected chi connectivity index (χ4v) is 3.11. The molecule has 7 heteroatoms. The first kappa shape index (κ1) is 22.2. The zero-order valence-electron chi connectivity index (χ0n) is 15.9. The number of hydrogen-bond acceptors (Lipinski definition) is 3. The van der Waals surface area contributed by atoms with E-state index in [2.05, 4.69) is 44.2 Å². The fourth-order valence-electron chi connectivity index (χ4n) is 3.11. The van der Waals surface area contributed by atoms with Crippen LogP contribution in [0.2, 0.25) is 0 Å². The molecule has 0 amide bonds. The van der Waals surface area contributed by atoms with Crippen molar-refractivity contribution < 1.29 is 0 Å². The number of aryl methyl sites for hydroxylation is 1. The molecular formula is C18H35IN6. The number of rotatable bonds is 11. The average molecular weight is 462 g/mol. The lowest BCUT2D eigenvalue weighted by molar-refractivity contribution is 0.583. The fraction of sp³-hybridized carbons (Fsp3) is 0.833. The minimum atomic E-state index is 0. The van der Waals surface area contributed by atoms with Crippen LogP contribution in [-0.2, 0) is 19.5 Å². The van der Waals surface area contributed by atoms with Gasteiger partial charge in [-0.2, -0.15) is 0 Å². The van der Waals surface area contributed by atoms with Crippen LogP contribution in [0.4, 0.5) is 0 Å². The summed E-state index contributed by atoms with van der Waals surface area (Å²) < 4.78 is 2.21. The van der Waals surface area contributed by atoms with Crippen molar-refractivity contribution in [2.24, 2.45) is 4.99 Å². The van der Waals surface area contributed by atoms with E-state index in [1.807, 2.05) is 0 Å². The molecule has 25 heavy (non-hydrogen) atoms. The van der Waals surface area contributed by atoms with E-state index in [-0.39, 0.29) is 24.0 Å². The Balaban J connectivity index is 0.00000312. The smallest absolute Gasteiger partial charge is 0.191 e. The highest BCUT2D eigenvalue weighted by Gasteiger charge is 2.16. The quantitative estimate of drug-likeness (QED) is 0.228. The monoisotopic (exact) mass is 462 g/mol. The van der Waals surface area contributed by atoms with Crippen molar-refractivity contribution in [2.45, 2.75) is 84.7 Å². The van der Waals surface area contributed by atoms with Crippen LogP contribution in [0.3, 0.4) is 0 Å². The van der Waals surface area contributed by atoms with Gasteiger partial charge in [-0.1, -0.05) is 45.4 Å². The highest BCUT2D eigenvalue weighted by Crippen LogP contribution is 2.14. The maximum absolute atomic E-state index is 4.66. The van der Waals surface area contributed by atoms with E-state index in [1.54, 1.807) is 0 Å². The second-order valence-corrected chi connectivity index (χ2v) is 6.53.